The van der Waals surface area contributed by atoms with Crippen molar-refractivity contribution in [1.29, 1.82) is 0 Å². The van der Waals surface area contributed by atoms with E-state index in [1.165, 1.54) is 18.2 Å². The second kappa shape index (κ2) is 7.08. The second-order valence-corrected chi connectivity index (χ2v) is 4.11. The number of hydrogen-bond donors (Lipinski definition) is 2. The first-order valence-electron chi connectivity index (χ1n) is 5.93. The first kappa shape index (κ1) is 14.6. The minimum absolute atomic E-state index is 0.000238. The summed E-state index contributed by atoms with van der Waals surface area (Å²) in [6, 6.07) is 3.76. The largest absolute Gasteiger partial charge is 0.478 e. The maximum absolute atomic E-state index is 13.6. The van der Waals surface area contributed by atoms with E-state index < -0.39 is 11.8 Å². The van der Waals surface area contributed by atoms with Gasteiger partial charge in [-0.2, -0.15) is 0 Å². The number of nitrogens with zero attached hydrogens (tertiary/aromatic N) is 1. The molecule has 0 saturated carbocycles. The van der Waals surface area contributed by atoms with Crippen molar-refractivity contribution in [1.82, 2.24) is 4.90 Å². The zero-order valence-corrected chi connectivity index (χ0v) is 10.4. The van der Waals surface area contributed by atoms with Gasteiger partial charge in [-0.25, -0.2) is 9.18 Å². The number of rotatable bonds is 7. The Morgan fingerprint density at radius 3 is 2.67 bits per heavy atom. The number of hydrogen-bond acceptors (Lipinski definition) is 3. The Morgan fingerprint density at radius 2 is 2.11 bits per heavy atom. The van der Waals surface area contributed by atoms with Gasteiger partial charge < -0.3 is 10.2 Å². The van der Waals surface area contributed by atoms with Crippen LogP contribution in [0.3, 0.4) is 0 Å². The van der Waals surface area contributed by atoms with Crippen LogP contribution in [0.4, 0.5) is 4.39 Å². The van der Waals surface area contributed by atoms with Crippen LogP contribution in [-0.4, -0.2) is 40.8 Å². The van der Waals surface area contributed by atoms with Gasteiger partial charge in [0.05, 0.1) is 12.2 Å². The fraction of sp³-hybridized carbons (Fsp3) is 0.462. The van der Waals surface area contributed by atoms with Crippen LogP contribution in [0.2, 0.25) is 0 Å². The highest BCUT2D eigenvalue weighted by Crippen LogP contribution is 2.13. The van der Waals surface area contributed by atoms with Crippen LogP contribution < -0.4 is 0 Å². The molecule has 0 bridgehead atoms. The lowest BCUT2D eigenvalue weighted by molar-refractivity contribution is 0.0696. The second-order valence-electron chi connectivity index (χ2n) is 4.11. The molecule has 1 aromatic carbocycles. The molecule has 100 valence electrons. The van der Waals surface area contributed by atoms with Gasteiger partial charge in [-0.1, -0.05) is 6.92 Å². The first-order chi connectivity index (χ1) is 8.58. The van der Waals surface area contributed by atoms with Crippen LogP contribution in [0.15, 0.2) is 18.2 Å². The fourth-order valence-electron chi connectivity index (χ4n) is 1.80. The molecule has 0 spiro atoms. The molecule has 0 aliphatic heterocycles. The Balaban J connectivity index is 2.86. The van der Waals surface area contributed by atoms with E-state index in [1.54, 1.807) is 0 Å². The zero-order chi connectivity index (χ0) is 13.5. The van der Waals surface area contributed by atoms with Crippen molar-refractivity contribution in [2.45, 2.75) is 19.9 Å². The van der Waals surface area contributed by atoms with E-state index in [4.69, 9.17) is 10.2 Å². The molecule has 0 saturated heterocycles. The number of halogens is 1. The topological polar surface area (TPSA) is 60.8 Å². The summed E-state index contributed by atoms with van der Waals surface area (Å²) in [6.45, 7) is 3.48. The Hall–Kier alpha value is -1.46. The van der Waals surface area contributed by atoms with Gasteiger partial charge in [0.15, 0.2) is 0 Å². The van der Waals surface area contributed by atoms with Gasteiger partial charge in [-0.15, -0.1) is 0 Å². The Morgan fingerprint density at radius 1 is 1.39 bits per heavy atom. The average Bonchev–Trinajstić information content (AvgIpc) is 2.32. The lowest BCUT2D eigenvalue weighted by Crippen LogP contribution is -2.27. The third kappa shape index (κ3) is 4.09. The molecule has 5 heteroatoms. The van der Waals surface area contributed by atoms with Crippen molar-refractivity contribution in [2.24, 2.45) is 0 Å². The summed E-state index contributed by atoms with van der Waals surface area (Å²) in [7, 11) is 0. The first-order valence-corrected chi connectivity index (χ1v) is 5.93. The maximum Gasteiger partial charge on any atom is 0.335 e. The van der Waals surface area contributed by atoms with E-state index >= 15 is 0 Å². The summed E-state index contributed by atoms with van der Waals surface area (Å²) in [6.07, 6.45) is 0.889. The average molecular weight is 255 g/mol. The molecule has 0 aliphatic rings. The van der Waals surface area contributed by atoms with Gasteiger partial charge in [0.2, 0.25) is 0 Å². The molecule has 0 fully saturated rings. The van der Waals surface area contributed by atoms with E-state index in [0.29, 0.717) is 18.7 Å². The van der Waals surface area contributed by atoms with Gasteiger partial charge in [0.1, 0.15) is 5.82 Å². The standard InChI is InChI=1S/C13H18FNO3/c1-2-5-15(6-7-16)9-11-8-10(13(17)18)3-4-12(11)14/h3-4,8,16H,2,5-7,9H2,1H3,(H,17,18). The minimum Gasteiger partial charge on any atom is -0.478 e. The molecule has 0 heterocycles. The molecule has 1 aromatic rings. The van der Waals surface area contributed by atoms with Crippen molar-refractivity contribution in [3.05, 3.63) is 35.1 Å². The highest BCUT2D eigenvalue weighted by molar-refractivity contribution is 5.87. The molecule has 0 aromatic heterocycles. The van der Waals surface area contributed by atoms with Crippen molar-refractivity contribution >= 4 is 5.97 Å². The summed E-state index contributed by atoms with van der Waals surface area (Å²) in [5, 5.41) is 17.8. The normalized spacial score (nSPS) is 10.9. The molecule has 0 aliphatic carbocycles. The molecule has 18 heavy (non-hydrogen) atoms. The highest BCUT2D eigenvalue weighted by atomic mass is 19.1. The smallest absolute Gasteiger partial charge is 0.335 e. The third-order valence-electron chi connectivity index (χ3n) is 2.64. The highest BCUT2D eigenvalue weighted by Gasteiger charge is 2.11. The van der Waals surface area contributed by atoms with Gasteiger partial charge in [0.25, 0.3) is 0 Å². The predicted octanol–water partition coefficient (Wildman–Crippen LogP) is 1.73. The number of carboxylic acids is 1. The van der Waals surface area contributed by atoms with E-state index in [0.717, 1.165) is 13.0 Å². The number of benzene rings is 1. The van der Waals surface area contributed by atoms with Crippen molar-refractivity contribution in [3.63, 3.8) is 0 Å². The number of aliphatic hydroxyl groups excluding tert-OH is 1. The summed E-state index contributed by atoms with van der Waals surface area (Å²) in [5.41, 5.74) is 0.420. The quantitative estimate of drug-likeness (QED) is 0.779. The fourth-order valence-corrected chi connectivity index (χ4v) is 1.80. The van der Waals surface area contributed by atoms with E-state index in [2.05, 4.69) is 0 Å². The number of carboxylic acid groups (broad SMARTS) is 1. The molecule has 2 N–H and O–H groups in total. The minimum atomic E-state index is -1.07. The van der Waals surface area contributed by atoms with Crippen LogP contribution in [-0.2, 0) is 6.54 Å². The number of aromatic carboxylic acids is 1. The van der Waals surface area contributed by atoms with Gasteiger partial charge >= 0.3 is 5.97 Å². The Kier molecular flexibility index (Phi) is 5.74. The van der Waals surface area contributed by atoms with Gasteiger partial charge in [0, 0.05) is 18.7 Å². The molecular weight excluding hydrogens is 237 g/mol. The van der Waals surface area contributed by atoms with Crippen LogP contribution in [0.25, 0.3) is 0 Å². The third-order valence-corrected chi connectivity index (χ3v) is 2.64. The molecule has 4 nitrogen and oxygen atoms in total. The van der Waals surface area contributed by atoms with E-state index in [1.807, 2.05) is 11.8 Å². The summed E-state index contributed by atoms with van der Waals surface area (Å²) >= 11 is 0. The zero-order valence-electron chi connectivity index (χ0n) is 10.4. The van der Waals surface area contributed by atoms with E-state index in [-0.39, 0.29) is 12.2 Å². The maximum atomic E-state index is 13.6. The molecule has 0 atom stereocenters. The molecular formula is C13H18FNO3. The lowest BCUT2D eigenvalue weighted by Gasteiger charge is -2.21. The van der Waals surface area contributed by atoms with Crippen LogP contribution in [0.5, 0.6) is 0 Å². The molecule has 0 amide bonds. The van der Waals surface area contributed by atoms with Crippen molar-refractivity contribution in [2.75, 3.05) is 19.7 Å². The van der Waals surface area contributed by atoms with E-state index in [9.17, 15) is 9.18 Å². The molecule has 0 unspecified atom stereocenters. The van der Waals surface area contributed by atoms with Crippen molar-refractivity contribution in [3.8, 4) is 0 Å². The SMILES string of the molecule is CCCN(CCO)Cc1cc(C(=O)O)ccc1F. The lowest BCUT2D eigenvalue weighted by atomic mass is 10.1. The number of aliphatic hydroxyl groups is 1. The molecule has 0 radical (unpaired) electrons. The Bertz CT molecular complexity index is 403. The molecule has 1 rings (SSSR count). The van der Waals surface area contributed by atoms with Crippen LogP contribution in [0.1, 0.15) is 29.3 Å². The predicted molar refractivity (Wildman–Crippen MR) is 66.0 cm³/mol. The van der Waals surface area contributed by atoms with Crippen LogP contribution in [0, 0.1) is 5.82 Å². The Labute approximate surface area is 106 Å². The monoisotopic (exact) mass is 255 g/mol. The summed E-state index contributed by atoms with van der Waals surface area (Å²) < 4.78 is 13.6. The van der Waals surface area contributed by atoms with Crippen LogP contribution >= 0.6 is 0 Å². The summed E-state index contributed by atoms with van der Waals surface area (Å²) in [5.74, 6) is -1.49. The number of carbonyl (C=O) groups is 1. The van der Waals surface area contributed by atoms with Gasteiger partial charge in [-0.3, -0.25) is 4.90 Å². The van der Waals surface area contributed by atoms with Crippen molar-refractivity contribution < 1.29 is 19.4 Å². The van der Waals surface area contributed by atoms with Gasteiger partial charge in [-0.05, 0) is 31.2 Å². The summed E-state index contributed by atoms with van der Waals surface area (Å²) in [4.78, 5) is 12.7.